The van der Waals surface area contributed by atoms with Crippen molar-refractivity contribution in [2.24, 2.45) is 0 Å². The summed E-state index contributed by atoms with van der Waals surface area (Å²) in [7, 11) is 1.33. The number of esters is 1. The molecule has 5 nitrogen and oxygen atoms in total. The third-order valence-electron chi connectivity index (χ3n) is 4.33. The van der Waals surface area contributed by atoms with Crippen LogP contribution in [0.25, 0.3) is 28.0 Å². The Balaban J connectivity index is 2.06. The summed E-state index contributed by atoms with van der Waals surface area (Å²) in [6, 6.07) is 23.5. The molecular weight excluding hydrogens is 340 g/mol. The number of methoxy groups -OCH3 is 1. The van der Waals surface area contributed by atoms with Crippen LogP contribution >= 0.6 is 0 Å². The topological polar surface area (TPSA) is 61.2 Å². The molecule has 0 saturated carbocycles. The third-order valence-corrected chi connectivity index (χ3v) is 4.33. The Morgan fingerprint density at radius 2 is 1.67 bits per heavy atom. The van der Waals surface area contributed by atoms with E-state index in [1.165, 1.54) is 11.7 Å². The van der Waals surface area contributed by atoms with E-state index in [-0.39, 0.29) is 5.56 Å². The van der Waals surface area contributed by atoms with E-state index >= 15 is 0 Å². The van der Waals surface area contributed by atoms with Crippen molar-refractivity contribution in [2.45, 2.75) is 0 Å². The lowest BCUT2D eigenvalue weighted by Crippen LogP contribution is -2.22. The van der Waals surface area contributed by atoms with Crippen molar-refractivity contribution in [1.82, 2.24) is 9.55 Å². The third kappa shape index (κ3) is 3.00. The molecule has 0 aliphatic rings. The smallest absolute Gasteiger partial charge is 0.337 e. The highest BCUT2D eigenvalue weighted by atomic mass is 16.5. The van der Waals surface area contributed by atoms with Gasteiger partial charge in [0.05, 0.1) is 29.3 Å². The fourth-order valence-corrected chi connectivity index (χ4v) is 3.04. The van der Waals surface area contributed by atoms with Crippen molar-refractivity contribution in [3.05, 3.63) is 94.8 Å². The molecule has 0 atom stereocenters. The van der Waals surface area contributed by atoms with Gasteiger partial charge in [-0.15, -0.1) is 0 Å². The SMILES string of the molecule is COC(=O)c1cccc(-n2c(-c3ccccc3)nc3ccccc3c2=O)c1. The van der Waals surface area contributed by atoms with Gasteiger partial charge in [-0.2, -0.15) is 0 Å². The maximum Gasteiger partial charge on any atom is 0.337 e. The average Bonchev–Trinajstić information content (AvgIpc) is 2.74. The molecule has 0 aliphatic heterocycles. The molecule has 0 aliphatic carbocycles. The van der Waals surface area contributed by atoms with Gasteiger partial charge in [-0.1, -0.05) is 48.5 Å². The van der Waals surface area contributed by atoms with Crippen LogP contribution in [0.15, 0.2) is 83.7 Å². The van der Waals surface area contributed by atoms with Crippen LogP contribution in [0.2, 0.25) is 0 Å². The summed E-state index contributed by atoms with van der Waals surface area (Å²) >= 11 is 0. The summed E-state index contributed by atoms with van der Waals surface area (Å²) < 4.78 is 6.33. The summed E-state index contributed by atoms with van der Waals surface area (Å²) in [6.45, 7) is 0. The molecule has 0 unspecified atom stereocenters. The van der Waals surface area contributed by atoms with Gasteiger partial charge >= 0.3 is 5.97 Å². The van der Waals surface area contributed by atoms with Crippen molar-refractivity contribution in [3.63, 3.8) is 0 Å². The van der Waals surface area contributed by atoms with Crippen molar-refractivity contribution in [2.75, 3.05) is 7.11 Å². The zero-order valence-electron chi connectivity index (χ0n) is 14.6. The second-order valence-electron chi connectivity index (χ2n) is 6.00. The van der Waals surface area contributed by atoms with E-state index in [1.807, 2.05) is 48.5 Å². The predicted octanol–water partition coefficient (Wildman–Crippen LogP) is 3.84. The Bertz CT molecular complexity index is 1200. The highest BCUT2D eigenvalue weighted by Gasteiger charge is 2.15. The molecule has 132 valence electrons. The number of carbonyl (C=O) groups excluding carboxylic acids is 1. The first-order valence-corrected chi connectivity index (χ1v) is 8.45. The van der Waals surface area contributed by atoms with E-state index in [0.29, 0.717) is 28.0 Å². The second kappa shape index (κ2) is 6.88. The van der Waals surface area contributed by atoms with E-state index in [2.05, 4.69) is 0 Å². The summed E-state index contributed by atoms with van der Waals surface area (Å²) in [5, 5.41) is 0.514. The quantitative estimate of drug-likeness (QED) is 0.523. The zero-order chi connectivity index (χ0) is 18.8. The Morgan fingerprint density at radius 1 is 0.926 bits per heavy atom. The van der Waals surface area contributed by atoms with E-state index in [0.717, 1.165) is 5.56 Å². The van der Waals surface area contributed by atoms with Gasteiger partial charge in [-0.25, -0.2) is 9.78 Å². The van der Waals surface area contributed by atoms with Crippen LogP contribution in [0.1, 0.15) is 10.4 Å². The first-order valence-electron chi connectivity index (χ1n) is 8.45. The van der Waals surface area contributed by atoms with Crippen LogP contribution < -0.4 is 5.56 Å². The van der Waals surface area contributed by atoms with E-state index in [4.69, 9.17) is 9.72 Å². The molecular formula is C22H16N2O3. The van der Waals surface area contributed by atoms with Crippen molar-refractivity contribution in [1.29, 1.82) is 0 Å². The highest BCUT2D eigenvalue weighted by molar-refractivity contribution is 5.90. The van der Waals surface area contributed by atoms with Crippen molar-refractivity contribution >= 4 is 16.9 Å². The summed E-state index contributed by atoms with van der Waals surface area (Å²) in [6.07, 6.45) is 0. The number of aromatic nitrogens is 2. The minimum absolute atomic E-state index is 0.193. The number of carbonyl (C=O) groups is 1. The first kappa shape index (κ1) is 16.7. The van der Waals surface area contributed by atoms with Gasteiger partial charge in [0, 0.05) is 5.56 Å². The number of nitrogens with zero attached hydrogens (tertiary/aromatic N) is 2. The maximum absolute atomic E-state index is 13.3. The van der Waals surface area contributed by atoms with Gasteiger partial charge in [-0.3, -0.25) is 9.36 Å². The highest BCUT2D eigenvalue weighted by Crippen LogP contribution is 2.22. The van der Waals surface area contributed by atoms with Gasteiger partial charge in [0.1, 0.15) is 5.82 Å². The van der Waals surface area contributed by atoms with Crippen LogP contribution in [0.4, 0.5) is 0 Å². The molecule has 0 radical (unpaired) electrons. The summed E-state index contributed by atoms with van der Waals surface area (Å²) in [4.78, 5) is 29.9. The Morgan fingerprint density at radius 3 is 2.44 bits per heavy atom. The van der Waals surface area contributed by atoms with Crippen LogP contribution in [0, 0.1) is 0 Å². The van der Waals surface area contributed by atoms with Gasteiger partial charge in [0.25, 0.3) is 5.56 Å². The minimum atomic E-state index is -0.458. The minimum Gasteiger partial charge on any atom is -0.465 e. The van der Waals surface area contributed by atoms with E-state index in [9.17, 15) is 9.59 Å². The zero-order valence-corrected chi connectivity index (χ0v) is 14.6. The van der Waals surface area contributed by atoms with Crippen LogP contribution in [0.5, 0.6) is 0 Å². The largest absolute Gasteiger partial charge is 0.465 e. The lowest BCUT2D eigenvalue weighted by Gasteiger charge is -2.14. The number of benzene rings is 3. The number of hydrogen-bond donors (Lipinski definition) is 0. The van der Waals surface area contributed by atoms with E-state index in [1.54, 1.807) is 30.3 Å². The van der Waals surface area contributed by atoms with Crippen molar-refractivity contribution in [3.8, 4) is 17.1 Å². The molecule has 0 N–H and O–H groups in total. The van der Waals surface area contributed by atoms with Crippen LogP contribution in [0.3, 0.4) is 0 Å². The number of ether oxygens (including phenoxy) is 1. The standard InChI is InChI=1S/C22H16N2O3/c1-27-22(26)16-10-7-11-17(14-16)24-20(15-8-3-2-4-9-15)23-19-13-6-5-12-18(19)21(24)25/h2-14H,1H3. The van der Waals surface area contributed by atoms with Gasteiger partial charge in [0.2, 0.25) is 0 Å². The molecule has 4 aromatic rings. The maximum atomic E-state index is 13.3. The number of para-hydroxylation sites is 1. The van der Waals surface area contributed by atoms with Crippen LogP contribution in [-0.2, 0) is 4.74 Å². The molecule has 0 amide bonds. The fourth-order valence-electron chi connectivity index (χ4n) is 3.04. The summed E-state index contributed by atoms with van der Waals surface area (Å²) in [5.41, 5.74) is 2.17. The summed E-state index contributed by atoms with van der Waals surface area (Å²) in [5.74, 6) is 0.0567. The average molecular weight is 356 g/mol. The van der Waals surface area contributed by atoms with Crippen molar-refractivity contribution < 1.29 is 9.53 Å². The molecule has 0 bridgehead atoms. The Hall–Kier alpha value is -3.73. The molecule has 0 spiro atoms. The van der Waals surface area contributed by atoms with Gasteiger partial charge in [-0.05, 0) is 30.3 Å². The Kier molecular flexibility index (Phi) is 4.26. The first-order chi connectivity index (χ1) is 13.2. The molecule has 0 saturated heterocycles. The number of rotatable bonds is 3. The van der Waals surface area contributed by atoms with Gasteiger partial charge in [0.15, 0.2) is 0 Å². The molecule has 5 heteroatoms. The van der Waals surface area contributed by atoms with Crippen LogP contribution in [-0.4, -0.2) is 22.6 Å². The monoisotopic (exact) mass is 356 g/mol. The molecule has 1 aromatic heterocycles. The predicted molar refractivity (Wildman–Crippen MR) is 104 cm³/mol. The number of hydrogen-bond acceptors (Lipinski definition) is 4. The molecule has 0 fully saturated rings. The van der Waals surface area contributed by atoms with Gasteiger partial charge < -0.3 is 4.74 Å². The lowest BCUT2D eigenvalue weighted by atomic mass is 10.1. The lowest BCUT2D eigenvalue weighted by molar-refractivity contribution is 0.0600. The van der Waals surface area contributed by atoms with E-state index < -0.39 is 5.97 Å². The molecule has 3 aromatic carbocycles. The molecule has 4 rings (SSSR count). The fraction of sp³-hybridized carbons (Fsp3) is 0.0455. The normalized spacial score (nSPS) is 10.7. The second-order valence-corrected chi connectivity index (χ2v) is 6.00. The number of fused-ring (bicyclic) bond motifs is 1. The molecule has 27 heavy (non-hydrogen) atoms. The Labute approximate surface area is 155 Å². The molecule has 1 heterocycles.